The first-order valence-corrected chi connectivity index (χ1v) is 7.47. The summed E-state index contributed by atoms with van der Waals surface area (Å²) < 4.78 is 0. The molecule has 3 atom stereocenters. The van der Waals surface area contributed by atoms with Crippen LogP contribution in [0.25, 0.3) is 6.08 Å². The predicted octanol–water partition coefficient (Wildman–Crippen LogP) is 3.78. The van der Waals surface area contributed by atoms with Crippen molar-refractivity contribution in [1.29, 1.82) is 0 Å². The summed E-state index contributed by atoms with van der Waals surface area (Å²) in [4.78, 5) is 0. The van der Waals surface area contributed by atoms with Crippen LogP contribution in [0.15, 0.2) is 18.2 Å². The first-order valence-electron chi connectivity index (χ1n) is 7.47. The number of fused-ring (bicyclic) bond motifs is 3. The molecular formula is C18H24O2. The van der Waals surface area contributed by atoms with Crippen LogP contribution in [0.4, 0.5) is 0 Å². The molecular weight excluding hydrogens is 248 g/mol. The lowest BCUT2D eigenvalue weighted by atomic mass is 9.51. The van der Waals surface area contributed by atoms with E-state index in [1.54, 1.807) is 0 Å². The average molecular weight is 272 g/mol. The molecule has 108 valence electrons. The Bertz CT molecular complexity index is 585. The Kier molecular flexibility index (Phi) is 2.81. The minimum atomic E-state index is -0.258. The normalized spacial score (nSPS) is 34.5. The molecule has 0 spiro atoms. The van der Waals surface area contributed by atoms with Crippen molar-refractivity contribution in [2.75, 3.05) is 0 Å². The standard InChI is InChI=1S/C18H24O2/c1-11-9-12-5-6-15-17(2,3)16(20)7-8-18(15,4)13(12)10-14(11)19/h5-6,9-10,15-16,19-20H,7-8H2,1-4H3/t15-,16+,18+/m1/s1. The van der Waals surface area contributed by atoms with E-state index in [1.807, 2.05) is 13.0 Å². The van der Waals surface area contributed by atoms with Crippen LogP contribution in [-0.2, 0) is 5.41 Å². The van der Waals surface area contributed by atoms with Crippen LogP contribution in [-0.4, -0.2) is 16.3 Å². The molecule has 0 bridgehead atoms. The van der Waals surface area contributed by atoms with E-state index in [4.69, 9.17) is 0 Å². The molecule has 3 rings (SSSR count). The number of rotatable bonds is 0. The van der Waals surface area contributed by atoms with Gasteiger partial charge in [0.1, 0.15) is 5.75 Å². The van der Waals surface area contributed by atoms with Crippen molar-refractivity contribution in [3.63, 3.8) is 0 Å². The Hall–Kier alpha value is -1.28. The van der Waals surface area contributed by atoms with Gasteiger partial charge in [-0.15, -0.1) is 0 Å². The lowest BCUT2D eigenvalue weighted by molar-refractivity contribution is -0.0482. The lowest BCUT2D eigenvalue weighted by Gasteiger charge is -2.54. The number of allylic oxidation sites excluding steroid dienone is 1. The van der Waals surface area contributed by atoms with E-state index in [2.05, 4.69) is 39.0 Å². The summed E-state index contributed by atoms with van der Waals surface area (Å²) in [5.41, 5.74) is 3.23. The van der Waals surface area contributed by atoms with Gasteiger partial charge in [-0.2, -0.15) is 0 Å². The number of hydrogen-bond donors (Lipinski definition) is 2. The summed E-state index contributed by atoms with van der Waals surface area (Å²) in [6.45, 7) is 8.53. The topological polar surface area (TPSA) is 40.5 Å². The third-order valence-electron chi connectivity index (χ3n) is 5.74. The summed E-state index contributed by atoms with van der Waals surface area (Å²) in [6, 6.07) is 4.01. The molecule has 2 N–H and O–H groups in total. The van der Waals surface area contributed by atoms with Gasteiger partial charge in [-0.25, -0.2) is 0 Å². The van der Waals surface area contributed by atoms with Gasteiger partial charge in [0.15, 0.2) is 0 Å². The highest BCUT2D eigenvalue weighted by molar-refractivity contribution is 5.64. The van der Waals surface area contributed by atoms with Gasteiger partial charge in [-0.3, -0.25) is 0 Å². The van der Waals surface area contributed by atoms with Crippen molar-refractivity contribution in [3.05, 3.63) is 34.9 Å². The third-order valence-corrected chi connectivity index (χ3v) is 5.74. The number of aliphatic hydroxyl groups is 1. The van der Waals surface area contributed by atoms with Crippen LogP contribution in [0.5, 0.6) is 5.75 Å². The second-order valence-corrected chi connectivity index (χ2v) is 7.36. The fourth-order valence-corrected chi connectivity index (χ4v) is 4.31. The largest absolute Gasteiger partial charge is 0.508 e. The van der Waals surface area contributed by atoms with Gasteiger partial charge in [0.05, 0.1) is 6.10 Å². The Labute approximate surface area is 121 Å². The number of aliphatic hydroxyl groups excluding tert-OH is 1. The Morgan fingerprint density at radius 2 is 1.90 bits per heavy atom. The molecule has 0 radical (unpaired) electrons. The molecule has 1 saturated carbocycles. The highest BCUT2D eigenvalue weighted by atomic mass is 16.3. The maximum atomic E-state index is 10.4. The lowest BCUT2D eigenvalue weighted by Crippen LogP contribution is -2.52. The Morgan fingerprint density at radius 1 is 1.20 bits per heavy atom. The number of aromatic hydroxyl groups is 1. The van der Waals surface area contributed by atoms with Crippen molar-refractivity contribution in [1.82, 2.24) is 0 Å². The molecule has 0 aromatic heterocycles. The van der Waals surface area contributed by atoms with Crippen LogP contribution < -0.4 is 0 Å². The van der Waals surface area contributed by atoms with Gasteiger partial charge in [-0.1, -0.05) is 32.9 Å². The number of phenols is 1. The zero-order valence-corrected chi connectivity index (χ0v) is 12.8. The summed E-state index contributed by atoms with van der Waals surface area (Å²) >= 11 is 0. The number of benzene rings is 1. The average Bonchev–Trinajstić information content (AvgIpc) is 2.37. The van der Waals surface area contributed by atoms with Gasteiger partial charge in [-0.05, 0) is 59.9 Å². The molecule has 2 nitrogen and oxygen atoms in total. The zero-order valence-electron chi connectivity index (χ0n) is 12.8. The van der Waals surface area contributed by atoms with E-state index in [0.29, 0.717) is 11.7 Å². The minimum absolute atomic E-state index is 0.00199. The van der Waals surface area contributed by atoms with E-state index in [1.165, 1.54) is 11.1 Å². The monoisotopic (exact) mass is 272 g/mol. The molecule has 1 aromatic rings. The Morgan fingerprint density at radius 3 is 2.60 bits per heavy atom. The van der Waals surface area contributed by atoms with Crippen molar-refractivity contribution >= 4 is 6.08 Å². The molecule has 20 heavy (non-hydrogen) atoms. The second-order valence-electron chi connectivity index (χ2n) is 7.36. The van der Waals surface area contributed by atoms with Crippen LogP contribution in [0.2, 0.25) is 0 Å². The summed E-state index contributed by atoms with van der Waals surface area (Å²) in [5.74, 6) is 0.677. The fourth-order valence-electron chi connectivity index (χ4n) is 4.31. The minimum Gasteiger partial charge on any atom is -0.508 e. The van der Waals surface area contributed by atoms with Gasteiger partial charge >= 0.3 is 0 Å². The van der Waals surface area contributed by atoms with Crippen molar-refractivity contribution in [2.24, 2.45) is 11.3 Å². The maximum Gasteiger partial charge on any atom is 0.118 e. The van der Waals surface area contributed by atoms with Crippen molar-refractivity contribution in [2.45, 2.75) is 52.1 Å². The molecule has 0 saturated heterocycles. The highest BCUT2D eigenvalue weighted by Crippen LogP contribution is 2.56. The quantitative estimate of drug-likeness (QED) is 0.754. The molecule has 1 aromatic carbocycles. The van der Waals surface area contributed by atoms with Gasteiger partial charge in [0.2, 0.25) is 0 Å². The maximum absolute atomic E-state index is 10.4. The predicted molar refractivity (Wildman–Crippen MR) is 81.7 cm³/mol. The fraction of sp³-hybridized carbons (Fsp3) is 0.556. The first-order chi connectivity index (χ1) is 9.26. The third kappa shape index (κ3) is 1.67. The summed E-state index contributed by atoms with van der Waals surface area (Å²) in [5, 5.41) is 20.4. The highest BCUT2D eigenvalue weighted by Gasteiger charge is 2.52. The van der Waals surface area contributed by atoms with Crippen LogP contribution in [0.3, 0.4) is 0 Å². The van der Waals surface area contributed by atoms with E-state index in [9.17, 15) is 10.2 Å². The summed E-state index contributed by atoms with van der Waals surface area (Å²) in [6.07, 6.45) is 5.95. The number of phenolic OH excluding ortho intramolecular Hbond substituents is 1. The van der Waals surface area contributed by atoms with Crippen molar-refractivity contribution in [3.8, 4) is 5.75 Å². The molecule has 0 heterocycles. The number of hydrogen-bond acceptors (Lipinski definition) is 2. The molecule has 2 heteroatoms. The van der Waals surface area contributed by atoms with E-state index in [0.717, 1.165) is 18.4 Å². The van der Waals surface area contributed by atoms with Gasteiger partial charge in [0.25, 0.3) is 0 Å². The van der Waals surface area contributed by atoms with Crippen LogP contribution >= 0.6 is 0 Å². The molecule has 0 aliphatic heterocycles. The number of aryl methyl sites for hydroxylation is 1. The molecule has 0 unspecified atom stereocenters. The van der Waals surface area contributed by atoms with E-state index in [-0.39, 0.29) is 16.9 Å². The SMILES string of the molecule is Cc1cc2c(cc1O)[C@]1(C)CC[C@H](O)C(C)(C)[C@H]1C=C2. The van der Waals surface area contributed by atoms with Crippen molar-refractivity contribution < 1.29 is 10.2 Å². The molecule has 1 fully saturated rings. The molecule has 2 aliphatic carbocycles. The zero-order chi connectivity index (χ0) is 14.7. The summed E-state index contributed by atoms with van der Waals surface area (Å²) in [7, 11) is 0. The molecule has 0 amide bonds. The van der Waals surface area contributed by atoms with Gasteiger partial charge < -0.3 is 10.2 Å². The van der Waals surface area contributed by atoms with Crippen LogP contribution in [0, 0.1) is 18.3 Å². The van der Waals surface area contributed by atoms with E-state index >= 15 is 0 Å². The second kappa shape index (κ2) is 4.11. The van der Waals surface area contributed by atoms with Crippen LogP contribution in [0.1, 0.15) is 50.3 Å². The smallest absolute Gasteiger partial charge is 0.118 e. The first kappa shape index (κ1) is 13.7. The Balaban J connectivity index is 2.18. The van der Waals surface area contributed by atoms with Gasteiger partial charge in [0, 0.05) is 5.41 Å². The van der Waals surface area contributed by atoms with E-state index < -0.39 is 0 Å². The molecule has 2 aliphatic rings.